The van der Waals surface area contributed by atoms with Crippen LogP contribution >= 0.6 is 0 Å². The fourth-order valence-electron chi connectivity index (χ4n) is 4.35. The molecule has 1 aromatic heterocycles. The maximum atomic E-state index is 13.2. The Morgan fingerprint density at radius 2 is 2.07 bits per heavy atom. The molecule has 2 aliphatic rings. The molecule has 2 unspecified atom stereocenters. The predicted octanol–water partition coefficient (Wildman–Crippen LogP) is 3.10. The van der Waals surface area contributed by atoms with Gasteiger partial charge in [0.2, 0.25) is 5.91 Å². The zero-order valence-corrected chi connectivity index (χ0v) is 16.1. The molecule has 5 nitrogen and oxygen atoms in total. The molecule has 2 aliphatic heterocycles. The third-order valence-corrected chi connectivity index (χ3v) is 5.70. The summed E-state index contributed by atoms with van der Waals surface area (Å²) in [6.45, 7) is 4.24. The SMILES string of the molecule is CCNC(=O)C1Cc2cc(C(F)(F)F)ccc2N2CCN(c3ccccn3)CC12. The van der Waals surface area contributed by atoms with E-state index in [1.165, 1.54) is 6.07 Å². The second-order valence-corrected chi connectivity index (χ2v) is 7.44. The first-order valence-electron chi connectivity index (χ1n) is 9.79. The second-order valence-electron chi connectivity index (χ2n) is 7.44. The minimum atomic E-state index is -4.40. The number of hydrogen-bond donors (Lipinski definition) is 1. The highest BCUT2D eigenvalue weighted by Crippen LogP contribution is 2.40. The van der Waals surface area contributed by atoms with Crippen LogP contribution in [0, 0.1) is 5.92 Å². The lowest BCUT2D eigenvalue weighted by Gasteiger charge is -2.49. The van der Waals surface area contributed by atoms with E-state index in [9.17, 15) is 18.0 Å². The van der Waals surface area contributed by atoms with Gasteiger partial charge in [0, 0.05) is 38.1 Å². The van der Waals surface area contributed by atoms with Gasteiger partial charge in [-0.1, -0.05) is 6.07 Å². The molecular weight excluding hydrogens is 381 g/mol. The van der Waals surface area contributed by atoms with Crippen LogP contribution in [0.25, 0.3) is 0 Å². The van der Waals surface area contributed by atoms with Gasteiger partial charge in [0.1, 0.15) is 5.82 Å². The smallest absolute Gasteiger partial charge is 0.364 e. The average Bonchev–Trinajstić information content (AvgIpc) is 2.72. The molecule has 1 amide bonds. The van der Waals surface area contributed by atoms with Gasteiger partial charge in [-0.15, -0.1) is 0 Å². The summed E-state index contributed by atoms with van der Waals surface area (Å²) < 4.78 is 39.6. The van der Waals surface area contributed by atoms with Crippen LogP contribution in [0.1, 0.15) is 18.1 Å². The van der Waals surface area contributed by atoms with Gasteiger partial charge in [-0.2, -0.15) is 13.2 Å². The Morgan fingerprint density at radius 1 is 1.24 bits per heavy atom. The number of pyridine rings is 1. The van der Waals surface area contributed by atoms with Crippen LogP contribution in [0.3, 0.4) is 0 Å². The maximum Gasteiger partial charge on any atom is 0.416 e. The van der Waals surface area contributed by atoms with E-state index in [1.54, 1.807) is 12.3 Å². The minimum absolute atomic E-state index is 0.117. The Balaban J connectivity index is 1.69. The highest BCUT2D eigenvalue weighted by molar-refractivity contribution is 5.82. The van der Waals surface area contributed by atoms with E-state index in [0.29, 0.717) is 38.2 Å². The first-order chi connectivity index (χ1) is 13.9. The number of rotatable bonds is 3. The number of aromatic nitrogens is 1. The first kappa shape index (κ1) is 19.5. The quantitative estimate of drug-likeness (QED) is 0.854. The van der Waals surface area contributed by atoms with Crippen LogP contribution < -0.4 is 15.1 Å². The largest absolute Gasteiger partial charge is 0.416 e. The van der Waals surface area contributed by atoms with Crippen molar-refractivity contribution in [2.75, 3.05) is 36.0 Å². The summed E-state index contributed by atoms with van der Waals surface area (Å²) in [7, 11) is 0. The monoisotopic (exact) mass is 404 g/mol. The molecule has 2 aromatic rings. The number of anilines is 2. The molecule has 3 heterocycles. The van der Waals surface area contributed by atoms with E-state index in [2.05, 4.69) is 20.1 Å². The Morgan fingerprint density at radius 3 is 2.76 bits per heavy atom. The van der Waals surface area contributed by atoms with Crippen LogP contribution in [0.4, 0.5) is 24.7 Å². The Labute approximate surface area is 167 Å². The van der Waals surface area contributed by atoms with Crippen molar-refractivity contribution in [2.24, 2.45) is 5.92 Å². The molecule has 0 aliphatic carbocycles. The van der Waals surface area contributed by atoms with E-state index >= 15 is 0 Å². The van der Waals surface area contributed by atoms with Crippen molar-refractivity contribution in [3.05, 3.63) is 53.7 Å². The lowest BCUT2D eigenvalue weighted by molar-refractivity contribution is -0.137. The van der Waals surface area contributed by atoms with Gasteiger partial charge in [0.05, 0.1) is 17.5 Å². The second kappa shape index (κ2) is 7.57. The summed E-state index contributed by atoms with van der Waals surface area (Å²) in [6.07, 6.45) is -2.37. The van der Waals surface area contributed by atoms with Crippen LogP contribution in [-0.2, 0) is 17.4 Å². The molecule has 4 rings (SSSR count). The summed E-state index contributed by atoms with van der Waals surface area (Å²) in [5.41, 5.74) is 0.708. The zero-order chi connectivity index (χ0) is 20.6. The van der Waals surface area contributed by atoms with Gasteiger partial charge in [0.25, 0.3) is 0 Å². The third kappa shape index (κ3) is 3.75. The number of alkyl halides is 3. The van der Waals surface area contributed by atoms with Gasteiger partial charge in [0.15, 0.2) is 0 Å². The topological polar surface area (TPSA) is 48.5 Å². The van der Waals surface area contributed by atoms with E-state index in [1.807, 2.05) is 25.1 Å². The van der Waals surface area contributed by atoms with Crippen molar-refractivity contribution < 1.29 is 18.0 Å². The van der Waals surface area contributed by atoms with Crippen molar-refractivity contribution in [2.45, 2.75) is 25.6 Å². The molecule has 1 N–H and O–H groups in total. The number of amides is 1. The standard InChI is InChI=1S/C21H23F3N4O/c1-2-25-20(29)16-12-14-11-15(21(22,23)24)6-7-17(14)28-10-9-27(13-18(16)28)19-5-3-4-8-26-19/h3-8,11,16,18H,2,9-10,12-13H2,1H3,(H,25,29). The van der Waals surface area contributed by atoms with Crippen LogP contribution in [0.2, 0.25) is 0 Å². The van der Waals surface area contributed by atoms with Gasteiger partial charge >= 0.3 is 6.18 Å². The highest BCUT2D eigenvalue weighted by atomic mass is 19.4. The van der Waals surface area contributed by atoms with E-state index in [-0.39, 0.29) is 11.9 Å². The number of benzene rings is 1. The minimum Gasteiger partial charge on any atom is -0.364 e. The third-order valence-electron chi connectivity index (χ3n) is 5.70. The predicted molar refractivity (Wildman–Crippen MR) is 105 cm³/mol. The summed E-state index contributed by atoms with van der Waals surface area (Å²) in [5.74, 6) is 0.311. The first-order valence-corrected chi connectivity index (χ1v) is 9.79. The Hall–Kier alpha value is -2.77. The van der Waals surface area contributed by atoms with Gasteiger partial charge < -0.3 is 15.1 Å². The number of carbonyl (C=O) groups excluding carboxylic acids is 1. The number of piperazine rings is 1. The molecule has 1 aromatic carbocycles. The molecule has 154 valence electrons. The van der Waals surface area contributed by atoms with E-state index < -0.39 is 17.7 Å². The van der Waals surface area contributed by atoms with Crippen LogP contribution in [0.15, 0.2) is 42.6 Å². The Bertz CT molecular complexity index is 887. The number of halogens is 3. The van der Waals surface area contributed by atoms with Crippen molar-refractivity contribution in [3.8, 4) is 0 Å². The molecule has 0 spiro atoms. The van der Waals surface area contributed by atoms with Crippen molar-refractivity contribution >= 4 is 17.4 Å². The number of carbonyl (C=O) groups is 1. The van der Waals surface area contributed by atoms with Crippen molar-refractivity contribution in [1.29, 1.82) is 0 Å². The number of hydrogen-bond acceptors (Lipinski definition) is 4. The lowest BCUT2D eigenvalue weighted by Crippen LogP contribution is -2.61. The fourth-order valence-corrected chi connectivity index (χ4v) is 4.35. The van der Waals surface area contributed by atoms with Crippen LogP contribution in [0.5, 0.6) is 0 Å². The molecule has 0 saturated carbocycles. The normalized spacial score (nSPS) is 21.4. The van der Waals surface area contributed by atoms with Gasteiger partial charge in [-0.05, 0) is 49.2 Å². The summed E-state index contributed by atoms with van der Waals surface area (Å²) in [6, 6.07) is 9.47. The highest BCUT2D eigenvalue weighted by Gasteiger charge is 2.42. The molecule has 29 heavy (non-hydrogen) atoms. The van der Waals surface area contributed by atoms with E-state index in [4.69, 9.17) is 0 Å². The lowest BCUT2D eigenvalue weighted by atomic mass is 9.82. The zero-order valence-electron chi connectivity index (χ0n) is 16.1. The number of nitrogens with one attached hydrogen (secondary N) is 1. The molecule has 1 fully saturated rings. The average molecular weight is 404 g/mol. The fraction of sp³-hybridized carbons (Fsp3) is 0.429. The number of fused-ring (bicyclic) bond motifs is 3. The molecule has 0 bridgehead atoms. The van der Waals surface area contributed by atoms with E-state index in [0.717, 1.165) is 17.6 Å². The van der Waals surface area contributed by atoms with Crippen molar-refractivity contribution in [3.63, 3.8) is 0 Å². The van der Waals surface area contributed by atoms with Crippen LogP contribution in [-0.4, -0.2) is 43.1 Å². The molecular formula is C21H23F3N4O. The molecule has 2 atom stereocenters. The summed E-state index contributed by atoms with van der Waals surface area (Å²) >= 11 is 0. The maximum absolute atomic E-state index is 13.2. The molecule has 8 heteroatoms. The molecule has 0 radical (unpaired) electrons. The summed E-state index contributed by atoms with van der Waals surface area (Å²) in [5, 5.41) is 2.86. The van der Waals surface area contributed by atoms with Crippen molar-refractivity contribution in [1.82, 2.24) is 10.3 Å². The Kier molecular flexibility index (Phi) is 5.10. The van der Waals surface area contributed by atoms with Gasteiger partial charge in [-0.3, -0.25) is 4.79 Å². The molecule has 1 saturated heterocycles. The van der Waals surface area contributed by atoms with Gasteiger partial charge in [-0.25, -0.2) is 4.98 Å². The summed E-state index contributed by atoms with van der Waals surface area (Å²) in [4.78, 5) is 21.4. The number of nitrogens with zero attached hydrogens (tertiary/aromatic N) is 3.